The van der Waals surface area contributed by atoms with Crippen molar-refractivity contribution in [2.45, 2.75) is 11.7 Å². The molecule has 2 rings (SSSR count). The predicted octanol–water partition coefficient (Wildman–Crippen LogP) is 3.63. The largest absolute Gasteiger partial charge is 0.355 e. The molecular weight excluding hydrogens is 328 g/mol. The molecule has 122 valence electrons. The maximum atomic E-state index is 11.9. The summed E-state index contributed by atoms with van der Waals surface area (Å²) in [4.78, 5) is 11.9. The van der Waals surface area contributed by atoms with E-state index < -0.39 is 0 Å². The molecule has 5 heteroatoms. The quantitative estimate of drug-likeness (QED) is 0.716. The minimum absolute atomic E-state index is 0.0401. The van der Waals surface area contributed by atoms with Crippen LogP contribution in [0.15, 0.2) is 54.6 Å². The summed E-state index contributed by atoms with van der Waals surface area (Å²) < 4.78 is 0. The molecule has 0 fully saturated rings. The van der Waals surface area contributed by atoms with Crippen molar-refractivity contribution in [3.05, 3.63) is 70.7 Å². The van der Waals surface area contributed by atoms with Crippen molar-refractivity contribution < 1.29 is 4.79 Å². The topological polar surface area (TPSA) is 55.1 Å². The molecule has 2 aromatic rings. The number of benzene rings is 2. The molecule has 1 unspecified atom stereocenters. The van der Waals surface area contributed by atoms with E-state index in [1.54, 1.807) is 11.8 Å². The molecule has 0 spiro atoms. The van der Waals surface area contributed by atoms with Crippen LogP contribution in [0.3, 0.4) is 0 Å². The number of carbonyl (C=O) groups is 1. The Morgan fingerprint density at radius 2 is 1.74 bits per heavy atom. The van der Waals surface area contributed by atoms with Crippen LogP contribution in [0.25, 0.3) is 0 Å². The summed E-state index contributed by atoms with van der Waals surface area (Å²) in [6.45, 7) is 1.22. The highest BCUT2D eigenvalue weighted by atomic mass is 35.5. The van der Waals surface area contributed by atoms with Crippen molar-refractivity contribution in [2.75, 3.05) is 18.8 Å². The van der Waals surface area contributed by atoms with Gasteiger partial charge in [-0.3, -0.25) is 4.79 Å². The number of amides is 1. The van der Waals surface area contributed by atoms with E-state index in [0.717, 1.165) is 12.0 Å². The van der Waals surface area contributed by atoms with Gasteiger partial charge in [-0.1, -0.05) is 54.1 Å². The van der Waals surface area contributed by atoms with Crippen LogP contribution < -0.4 is 11.1 Å². The summed E-state index contributed by atoms with van der Waals surface area (Å²) >= 11 is 7.59. The zero-order valence-corrected chi connectivity index (χ0v) is 14.4. The molecule has 1 amide bonds. The summed E-state index contributed by atoms with van der Waals surface area (Å²) in [6.07, 6.45) is 0.801. The second-order valence-electron chi connectivity index (χ2n) is 5.15. The highest BCUT2D eigenvalue weighted by Gasteiger charge is 2.16. The summed E-state index contributed by atoms with van der Waals surface area (Å²) in [5.74, 6) is 0.450. The molecule has 0 aliphatic rings. The van der Waals surface area contributed by atoms with Crippen LogP contribution in [-0.4, -0.2) is 24.7 Å². The first kappa shape index (κ1) is 17.9. The normalized spacial score (nSPS) is 11.9. The minimum atomic E-state index is 0.0401. The van der Waals surface area contributed by atoms with E-state index in [1.165, 1.54) is 5.56 Å². The standard InChI is InChI=1S/C18H21ClN2OS/c19-16-9-7-15(8-10-16)18(14-5-2-1-3-6-14)23-13-17(22)21-12-4-11-20/h1-3,5-10,18H,4,11-13,20H2,(H,21,22). The van der Waals surface area contributed by atoms with Crippen LogP contribution >= 0.6 is 23.4 Å². The van der Waals surface area contributed by atoms with Gasteiger partial charge in [-0.25, -0.2) is 0 Å². The third-order valence-electron chi connectivity index (χ3n) is 3.36. The fourth-order valence-corrected chi connectivity index (χ4v) is 3.44. The second-order valence-corrected chi connectivity index (χ2v) is 6.68. The van der Waals surface area contributed by atoms with Gasteiger partial charge in [0, 0.05) is 11.6 Å². The van der Waals surface area contributed by atoms with Crippen molar-refractivity contribution in [1.29, 1.82) is 0 Å². The minimum Gasteiger partial charge on any atom is -0.355 e. The summed E-state index contributed by atoms with van der Waals surface area (Å²) in [7, 11) is 0. The molecular formula is C18H21ClN2OS. The third kappa shape index (κ3) is 5.90. The van der Waals surface area contributed by atoms with Crippen LogP contribution in [0.1, 0.15) is 22.8 Å². The lowest BCUT2D eigenvalue weighted by atomic mass is 10.0. The Labute approximate surface area is 146 Å². The van der Waals surface area contributed by atoms with Crippen molar-refractivity contribution in [1.82, 2.24) is 5.32 Å². The van der Waals surface area contributed by atoms with Crippen molar-refractivity contribution in [2.24, 2.45) is 5.73 Å². The van der Waals surface area contributed by atoms with E-state index >= 15 is 0 Å². The van der Waals surface area contributed by atoms with Gasteiger partial charge in [-0.2, -0.15) is 0 Å². The monoisotopic (exact) mass is 348 g/mol. The van der Waals surface area contributed by atoms with E-state index in [4.69, 9.17) is 17.3 Å². The summed E-state index contributed by atoms with van der Waals surface area (Å²) in [5, 5.41) is 3.71. The van der Waals surface area contributed by atoms with Crippen LogP contribution in [0, 0.1) is 0 Å². The number of hydrogen-bond acceptors (Lipinski definition) is 3. The van der Waals surface area contributed by atoms with Gasteiger partial charge < -0.3 is 11.1 Å². The van der Waals surface area contributed by atoms with Gasteiger partial charge in [-0.05, 0) is 36.2 Å². The average molecular weight is 349 g/mol. The van der Waals surface area contributed by atoms with Gasteiger partial charge in [0.05, 0.1) is 11.0 Å². The highest BCUT2D eigenvalue weighted by Crippen LogP contribution is 2.35. The number of hydrogen-bond donors (Lipinski definition) is 2. The van der Waals surface area contributed by atoms with Crippen LogP contribution in [0.4, 0.5) is 0 Å². The van der Waals surface area contributed by atoms with Gasteiger partial charge >= 0.3 is 0 Å². The molecule has 0 aliphatic heterocycles. The maximum Gasteiger partial charge on any atom is 0.230 e. The van der Waals surface area contributed by atoms with E-state index in [9.17, 15) is 4.79 Å². The van der Waals surface area contributed by atoms with Crippen LogP contribution in [0.2, 0.25) is 5.02 Å². The van der Waals surface area contributed by atoms with Crippen molar-refractivity contribution in [3.8, 4) is 0 Å². The molecule has 0 heterocycles. The number of halogens is 1. The molecule has 0 saturated carbocycles. The smallest absolute Gasteiger partial charge is 0.230 e. The summed E-state index contributed by atoms with van der Waals surface area (Å²) in [5.41, 5.74) is 7.75. The SMILES string of the molecule is NCCCNC(=O)CSC(c1ccccc1)c1ccc(Cl)cc1. The number of carbonyl (C=O) groups excluding carboxylic acids is 1. The Kier molecular flexibility index (Phi) is 7.46. The van der Waals surface area contributed by atoms with E-state index in [-0.39, 0.29) is 11.2 Å². The zero-order valence-electron chi connectivity index (χ0n) is 12.9. The molecule has 1 atom stereocenters. The Hall–Kier alpha value is -1.49. The number of nitrogens with one attached hydrogen (secondary N) is 1. The Morgan fingerprint density at radius 1 is 1.09 bits per heavy atom. The number of thioether (sulfide) groups is 1. The molecule has 2 aromatic carbocycles. The first-order chi connectivity index (χ1) is 11.2. The Bertz CT molecular complexity index is 604. The van der Waals surface area contributed by atoms with Crippen molar-refractivity contribution in [3.63, 3.8) is 0 Å². The first-order valence-corrected chi connectivity index (χ1v) is 9.02. The molecule has 0 saturated heterocycles. The third-order valence-corrected chi connectivity index (χ3v) is 4.92. The van der Waals surface area contributed by atoms with Crippen LogP contribution in [0.5, 0.6) is 0 Å². The Balaban J connectivity index is 2.06. The first-order valence-electron chi connectivity index (χ1n) is 7.59. The lowest BCUT2D eigenvalue weighted by molar-refractivity contribution is -0.118. The van der Waals surface area contributed by atoms with Gasteiger partial charge in [-0.15, -0.1) is 11.8 Å². The fourth-order valence-electron chi connectivity index (χ4n) is 2.19. The molecule has 3 nitrogen and oxygen atoms in total. The highest BCUT2D eigenvalue weighted by molar-refractivity contribution is 8.00. The van der Waals surface area contributed by atoms with E-state index in [0.29, 0.717) is 23.9 Å². The predicted molar refractivity (Wildman–Crippen MR) is 98.9 cm³/mol. The second kappa shape index (κ2) is 9.60. The summed E-state index contributed by atoms with van der Waals surface area (Å²) in [6, 6.07) is 18.0. The molecule has 3 N–H and O–H groups in total. The van der Waals surface area contributed by atoms with Gasteiger partial charge in [0.15, 0.2) is 0 Å². The van der Waals surface area contributed by atoms with Crippen LogP contribution in [-0.2, 0) is 4.79 Å². The number of nitrogens with two attached hydrogens (primary N) is 1. The molecule has 23 heavy (non-hydrogen) atoms. The lowest BCUT2D eigenvalue weighted by Gasteiger charge is -2.17. The number of rotatable bonds is 8. The molecule has 0 aromatic heterocycles. The average Bonchev–Trinajstić information content (AvgIpc) is 2.58. The van der Waals surface area contributed by atoms with Gasteiger partial charge in [0.2, 0.25) is 5.91 Å². The van der Waals surface area contributed by atoms with E-state index in [2.05, 4.69) is 17.4 Å². The van der Waals surface area contributed by atoms with Gasteiger partial charge in [0.1, 0.15) is 0 Å². The molecule has 0 bridgehead atoms. The van der Waals surface area contributed by atoms with E-state index in [1.807, 2.05) is 42.5 Å². The molecule has 0 radical (unpaired) electrons. The maximum absolute atomic E-state index is 11.9. The molecule has 0 aliphatic carbocycles. The van der Waals surface area contributed by atoms with Crippen molar-refractivity contribution >= 4 is 29.3 Å². The Morgan fingerprint density at radius 3 is 2.39 bits per heavy atom. The lowest BCUT2D eigenvalue weighted by Crippen LogP contribution is -2.27. The van der Waals surface area contributed by atoms with Gasteiger partial charge in [0.25, 0.3) is 0 Å². The fraction of sp³-hybridized carbons (Fsp3) is 0.278. The zero-order chi connectivity index (χ0) is 16.5.